The summed E-state index contributed by atoms with van der Waals surface area (Å²) >= 11 is 5.76. The zero-order valence-corrected chi connectivity index (χ0v) is 14.6. The van der Waals surface area contributed by atoms with Crippen LogP contribution in [0, 0.1) is 11.6 Å². The lowest BCUT2D eigenvalue weighted by Crippen LogP contribution is -2.10. The molecular weight excluding hydrogens is 366 g/mol. The van der Waals surface area contributed by atoms with Gasteiger partial charge in [0, 0.05) is 25.4 Å². The second-order valence-electron chi connectivity index (χ2n) is 5.40. The van der Waals surface area contributed by atoms with Crippen LogP contribution in [0.25, 0.3) is 11.4 Å². The van der Waals surface area contributed by atoms with Crippen molar-refractivity contribution in [1.82, 2.24) is 19.7 Å². The van der Waals surface area contributed by atoms with Crippen LogP contribution in [0.2, 0.25) is 5.02 Å². The number of nitrogens with zero attached hydrogens (tertiary/aromatic N) is 4. The lowest BCUT2D eigenvalue weighted by molar-refractivity contribution is 0.101. The Morgan fingerprint density at radius 2 is 2.08 bits per heavy atom. The molecule has 0 aliphatic rings. The van der Waals surface area contributed by atoms with Gasteiger partial charge in [0.1, 0.15) is 28.8 Å². The van der Waals surface area contributed by atoms with Crippen molar-refractivity contribution in [3.05, 3.63) is 58.6 Å². The van der Waals surface area contributed by atoms with Crippen molar-refractivity contribution < 1.29 is 18.3 Å². The van der Waals surface area contributed by atoms with Crippen molar-refractivity contribution in [1.29, 1.82) is 0 Å². The third-order valence-electron chi connectivity index (χ3n) is 3.71. The average Bonchev–Trinajstić information content (AvgIpc) is 3.06. The van der Waals surface area contributed by atoms with Gasteiger partial charge in [-0.1, -0.05) is 11.6 Å². The number of Topliss-reactive ketones (excluding diaryl/α,β-unsaturated/α-hetero) is 1. The van der Waals surface area contributed by atoms with Gasteiger partial charge >= 0.3 is 0 Å². The number of rotatable bonds is 5. The third kappa shape index (κ3) is 3.28. The second kappa shape index (κ2) is 7.17. The highest BCUT2D eigenvalue weighted by molar-refractivity contribution is 6.31. The first kappa shape index (κ1) is 17.9. The third-order valence-corrected chi connectivity index (χ3v) is 4.01. The van der Waals surface area contributed by atoms with Gasteiger partial charge in [-0.2, -0.15) is 0 Å². The molecule has 0 spiro atoms. The molecule has 0 fully saturated rings. The van der Waals surface area contributed by atoms with Crippen LogP contribution in [0.5, 0.6) is 5.75 Å². The van der Waals surface area contributed by atoms with E-state index in [0.717, 1.165) is 12.1 Å². The van der Waals surface area contributed by atoms with E-state index < -0.39 is 11.6 Å². The summed E-state index contributed by atoms with van der Waals surface area (Å²) in [5, 5.41) is 7.61. The summed E-state index contributed by atoms with van der Waals surface area (Å²) in [6, 6.07) is 3.67. The Labute approximate surface area is 152 Å². The Bertz CT molecular complexity index is 991. The van der Waals surface area contributed by atoms with Crippen molar-refractivity contribution in [3.8, 4) is 17.1 Å². The maximum atomic E-state index is 14.3. The quantitative estimate of drug-likeness (QED) is 0.501. The summed E-state index contributed by atoms with van der Waals surface area (Å²) in [6.07, 6.45) is 2.94. The highest BCUT2D eigenvalue weighted by Crippen LogP contribution is 2.30. The first-order chi connectivity index (χ1) is 12.4. The average molecular weight is 379 g/mol. The van der Waals surface area contributed by atoms with Crippen molar-refractivity contribution in [2.24, 2.45) is 0 Å². The molecule has 2 heterocycles. The molecule has 0 amide bonds. The molecule has 26 heavy (non-hydrogen) atoms. The summed E-state index contributed by atoms with van der Waals surface area (Å²) in [7, 11) is 1.43. The van der Waals surface area contributed by atoms with Gasteiger partial charge in [-0.3, -0.25) is 4.79 Å². The van der Waals surface area contributed by atoms with E-state index in [9.17, 15) is 13.6 Å². The monoisotopic (exact) mass is 378 g/mol. The van der Waals surface area contributed by atoms with E-state index in [1.807, 2.05) is 0 Å². The molecule has 3 aromatic rings. The lowest BCUT2D eigenvalue weighted by Gasteiger charge is -2.12. The maximum absolute atomic E-state index is 14.3. The molecule has 0 saturated heterocycles. The zero-order chi connectivity index (χ0) is 18.8. The normalized spacial score (nSPS) is 10.8. The molecule has 2 aromatic heterocycles. The predicted molar refractivity (Wildman–Crippen MR) is 90.3 cm³/mol. The van der Waals surface area contributed by atoms with E-state index in [1.54, 1.807) is 0 Å². The van der Waals surface area contributed by atoms with E-state index in [1.165, 1.54) is 37.1 Å². The zero-order valence-electron chi connectivity index (χ0n) is 13.8. The van der Waals surface area contributed by atoms with E-state index in [2.05, 4.69) is 15.2 Å². The summed E-state index contributed by atoms with van der Waals surface area (Å²) in [5.74, 6) is -1.57. The van der Waals surface area contributed by atoms with Crippen LogP contribution < -0.4 is 4.74 Å². The molecule has 0 saturated carbocycles. The fraction of sp³-hybridized carbons (Fsp3) is 0.176. The number of imidazole rings is 1. The molecular formula is C17H13ClF2N4O2. The molecule has 0 radical (unpaired) electrons. The molecule has 9 heteroatoms. The Hall–Kier alpha value is -2.87. The van der Waals surface area contributed by atoms with Crippen LogP contribution in [0.1, 0.15) is 23.1 Å². The molecule has 134 valence electrons. The fourth-order valence-electron chi connectivity index (χ4n) is 2.42. The van der Waals surface area contributed by atoms with Gasteiger partial charge in [-0.05, 0) is 12.1 Å². The van der Waals surface area contributed by atoms with Crippen molar-refractivity contribution in [3.63, 3.8) is 0 Å². The van der Waals surface area contributed by atoms with Crippen LogP contribution in [0.3, 0.4) is 0 Å². The number of ether oxygens (including phenoxy) is 1. The van der Waals surface area contributed by atoms with Gasteiger partial charge in [0.15, 0.2) is 11.6 Å². The Morgan fingerprint density at radius 3 is 2.77 bits per heavy atom. The van der Waals surface area contributed by atoms with E-state index in [0.29, 0.717) is 11.4 Å². The second-order valence-corrected chi connectivity index (χ2v) is 5.80. The van der Waals surface area contributed by atoms with Gasteiger partial charge in [0.2, 0.25) is 0 Å². The van der Waals surface area contributed by atoms with Gasteiger partial charge in [0.25, 0.3) is 0 Å². The molecule has 6 nitrogen and oxygen atoms in total. The van der Waals surface area contributed by atoms with Crippen LogP contribution >= 0.6 is 11.6 Å². The van der Waals surface area contributed by atoms with Gasteiger partial charge in [-0.15, -0.1) is 10.2 Å². The molecule has 1 aromatic carbocycles. The van der Waals surface area contributed by atoms with Crippen LogP contribution in [-0.4, -0.2) is 32.6 Å². The van der Waals surface area contributed by atoms with Crippen LogP contribution in [-0.2, 0) is 6.54 Å². The largest absolute Gasteiger partial charge is 0.495 e. The molecule has 0 bridgehead atoms. The Balaban J connectivity index is 2.04. The number of hydrogen-bond donors (Lipinski definition) is 0. The lowest BCUT2D eigenvalue weighted by atomic mass is 10.1. The molecule has 0 atom stereocenters. The van der Waals surface area contributed by atoms with E-state index in [4.69, 9.17) is 16.3 Å². The Morgan fingerprint density at radius 1 is 1.31 bits per heavy atom. The number of aromatic nitrogens is 4. The molecule has 0 aliphatic heterocycles. The molecule has 0 unspecified atom stereocenters. The minimum Gasteiger partial charge on any atom is -0.495 e. The Kier molecular flexibility index (Phi) is 4.94. The van der Waals surface area contributed by atoms with Crippen LogP contribution in [0.4, 0.5) is 8.78 Å². The number of hydrogen-bond acceptors (Lipinski definition) is 5. The van der Waals surface area contributed by atoms with E-state index in [-0.39, 0.29) is 34.4 Å². The summed E-state index contributed by atoms with van der Waals surface area (Å²) in [4.78, 5) is 15.4. The minimum absolute atomic E-state index is 0.0435. The van der Waals surface area contributed by atoms with Gasteiger partial charge < -0.3 is 9.30 Å². The number of carbonyl (C=O) groups excluding carboxylic acids is 1. The minimum atomic E-state index is -0.899. The highest BCUT2D eigenvalue weighted by Gasteiger charge is 2.20. The highest BCUT2D eigenvalue weighted by atomic mass is 35.5. The van der Waals surface area contributed by atoms with Crippen molar-refractivity contribution >= 4 is 17.4 Å². The smallest absolute Gasteiger partial charge is 0.180 e. The topological polar surface area (TPSA) is 69.9 Å². The summed E-state index contributed by atoms with van der Waals surface area (Å²) in [6.45, 7) is 1.44. The first-order valence-corrected chi connectivity index (χ1v) is 7.86. The number of methoxy groups -OCH3 is 1. The summed E-state index contributed by atoms with van der Waals surface area (Å²) in [5.41, 5.74) is 0.192. The number of ketones is 1. The molecule has 3 rings (SSSR count). The number of carbonyl (C=O) groups is 1. The van der Waals surface area contributed by atoms with E-state index >= 15 is 0 Å². The SMILES string of the molecule is COc1cc(C(C)=O)nnc1Cn1ccnc1-c1c(F)ccc(Cl)c1F. The summed E-state index contributed by atoms with van der Waals surface area (Å²) < 4.78 is 35.2. The van der Waals surface area contributed by atoms with Crippen molar-refractivity contribution in [2.75, 3.05) is 7.11 Å². The number of halogens is 3. The number of benzene rings is 1. The van der Waals surface area contributed by atoms with Gasteiger partial charge in [0.05, 0.1) is 24.2 Å². The maximum Gasteiger partial charge on any atom is 0.180 e. The first-order valence-electron chi connectivity index (χ1n) is 7.49. The van der Waals surface area contributed by atoms with Crippen molar-refractivity contribution in [2.45, 2.75) is 13.5 Å². The van der Waals surface area contributed by atoms with Crippen LogP contribution in [0.15, 0.2) is 30.6 Å². The van der Waals surface area contributed by atoms with Gasteiger partial charge in [-0.25, -0.2) is 13.8 Å². The molecule has 0 N–H and O–H groups in total. The predicted octanol–water partition coefficient (Wildman–Crippen LogP) is 3.53. The molecule has 0 aliphatic carbocycles. The fourth-order valence-corrected chi connectivity index (χ4v) is 2.57. The standard InChI is InChI=1S/C17H13ClF2N4O2/c1-9(25)12-7-14(26-2)13(23-22-12)8-24-6-5-21-17(24)15-11(19)4-3-10(18)16(15)20/h3-7H,8H2,1-2H3.